The lowest BCUT2D eigenvalue weighted by atomic mass is 10.2. The number of nitrogens with one attached hydrogen (secondary N) is 1. The zero-order valence-corrected chi connectivity index (χ0v) is 9.77. The minimum Gasteiger partial charge on any atom is -0.351 e. The Labute approximate surface area is 96.6 Å². The number of amides is 1. The maximum atomic E-state index is 11.6. The van der Waals surface area contributed by atoms with Crippen molar-refractivity contribution in [2.75, 3.05) is 6.54 Å². The van der Waals surface area contributed by atoms with Crippen LogP contribution in [0.15, 0.2) is 18.7 Å². The summed E-state index contributed by atoms with van der Waals surface area (Å²) in [4.78, 5) is 19.6. The average molecular weight is 270 g/mol. The minimum atomic E-state index is -0.110. The van der Waals surface area contributed by atoms with E-state index in [2.05, 4.69) is 31.2 Å². The SMILES string of the molecule is O=C(NCC(Br)C1CC1)c1cncnc1. The molecule has 1 saturated carbocycles. The molecule has 1 aliphatic carbocycles. The van der Waals surface area contributed by atoms with Gasteiger partial charge in [0.2, 0.25) is 0 Å². The molecule has 0 radical (unpaired) electrons. The zero-order chi connectivity index (χ0) is 10.7. The van der Waals surface area contributed by atoms with Crippen LogP contribution >= 0.6 is 15.9 Å². The summed E-state index contributed by atoms with van der Waals surface area (Å²) < 4.78 is 0. The van der Waals surface area contributed by atoms with E-state index in [1.54, 1.807) is 0 Å². The van der Waals surface area contributed by atoms with Gasteiger partial charge in [0, 0.05) is 23.8 Å². The van der Waals surface area contributed by atoms with Gasteiger partial charge in [-0.1, -0.05) is 15.9 Å². The van der Waals surface area contributed by atoms with Gasteiger partial charge in [0.25, 0.3) is 5.91 Å². The van der Waals surface area contributed by atoms with E-state index < -0.39 is 0 Å². The van der Waals surface area contributed by atoms with Crippen molar-refractivity contribution < 1.29 is 4.79 Å². The Balaban J connectivity index is 1.82. The van der Waals surface area contributed by atoms with E-state index in [4.69, 9.17) is 0 Å². The van der Waals surface area contributed by atoms with Gasteiger partial charge in [-0.15, -0.1) is 0 Å². The van der Waals surface area contributed by atoms with Crippen molar-refractivity contribution in [1.29, 1.82) is 0 Å². The second kappa shape index (κ2) is 4.70. The third-order valence-electron chi connectivity index (χ3n) is 2.41. The van der Waals surface area contributed by atoms with Gasteiger partial charge < -0.3 is 5.32 Å². The fourth-order valence-corrected chi connectivity index (χ4v) is 2.02. The van der Waals surface area contributed by atoms with Crippen LogP contribution in [0.2, 0.25) is 0 Å². The Hall–Kier alpha value is -0.970. The Morgan fingerprint density at radius 3 is 2.80 bits per heavy atom. The molecule has 15 heavy (non-hydrogen) atoms. The first-order chi connectivity index (χ1) is 7.27. The molecule has 1 aromatic rings. The number of carbonyl (C=O) groups is 1. The molecular formula is C10H12BrN3O. The van der Waals surface area contributed by atoms with Gasteiger partial charge in [0.15, 0.2) is 0 Å². The van der Waals surface area contributed by atoms with Crippen molar-refractivity contribution >= 4 is 21.8 Å². The van der Waals surface area contributed by atoms with Gasteiger partial charge in [-0.2, -0.15) is 0 Å². The third kappa shape index (κ3) is 2.99. The molecule has 1 N–H and O–H groups in total. The van der Waals surface area contributed by atoms with Crippen molar-refractivity contribution in [2.24, 2.45) is 5.92 Å². The quantitative estimate of drug-likeness (QED) is 0.841. The van der Waals surface area contributed by atoms with E-state index in [9.17, 15) is 4.79 Å². The maximum absolute atomic E-state index is 11.6. The highest BCUT2D eigenvalue weighted by atomic mass is 79.9. The second-order valence-electron chi connectivity index (χ2n) is 3.69. The predicted octanol–water partition coefficient (Wildman–Crippen LogP) is 1.38. The molecule has 1 heterocycles. The fourth-order valence-electron chi connectivity index (χ4n) is 1.33. The summed E-state index contributed by atoms with van der Waals surface area (Å²) in [6, 6.07) is 0. The summed E-state index contributed by atoms with van der Waals surface area (Å²) in [5, 5.41) is 2.85. The van der Waals surface area contributed by atoms with Crippen LogP contribution < -0.4 is 5.32 Å². The van der Waals surface area contributed by atoms with Crippen molar-refractivity contribution in [3.05, 3.63) is 24.3 Å². The first-order valence-electron chi connectivity index (χ1n) is 4.94. The van der Waals surface area contributed by atoms with E-state index in [1.165, 1.54) is 31.6 Å². The molecule has 0 aliphatic heterocycles. The lowest BCUT2D eigenvalue weighted by Gasteiger charge is -2.09. The number of nitrogens with zero attached hydrogens (tertiary/aromatic N) is 2. The zero-order valence-electron chi connectivity index (χ0n) is 8.19. The van der Waals surface area contributed by atoms with E-state index >= 15 is 0 Å². The topological polar surface area (TPSA) is 54.9 Å². The third-order valence-corrected chi connectivity index (χ3v) is 3.49. The smallest absolute Gasteiger partial charge is 0.254 e. The summed E-state index contributed by atoms with van der Waals surface area (Å²) in [6.07, 6.45) is 6.97. The predicted molar refractivity (Wildman–Crippen MR) is 59.8 cm³/mol. The number of aromatic nitrogens is 2. The summed E-state index contributed by atoms with van der Waals surface area (Å²) in [5.74, 6) is 0.623. The van der Waals surface area contributed by atoms with Crippen LogP contribution in [0, 0.1) is 5.92 Å². The maximum Gasteiger partial charge on any atom is 0.254 e. The van der Waals surface area contributed by atoms with Crippen molar-refractivity contribution in [3.8, 4) is 0 Å². The van der Waals surface area contributed by atoms with E-state index in [-0.39, 0.29) is 5.91 Å². The van der Waals surface area contributed by atoms with E-state index in [0.717, 1.165) is 5.92 Å². The summed E-state index contributed by atoms with van der Waals surface area (Å²) in [7, 11) is 0. The molecule has 80 valence electrons. The molecule has 5 heteroatoms. The van der Waals surface area contributed by atoms with Gasteiger partial charge in [0.1, 0.15) is 6.33 Å². The molecule has 0 bridgehead atoms. The number of hydrogen-bond acceptors (Lipinski definition) is 3. The van der Waals surface area contributed by atoms with Gasteiger partial charge >= 0.3 is 0 Å². The van der Waals surface area contributed by atoms with E-state index in [0.29, 0.717) is 16.9 Å². The van der Waals surface area contributed by atoms with Gasteiger partial charge in [-0.3, -0.25) is 4.79 Å². The van der Waals surface area contributed by atoms with Crippen LogP contribution in [0.4, 0.5) is 0 Å². The number of carbonyl (C=O) groups excluding carboxylic acids is 1. The molecule has 1 unspecified atom stereocenters. The summed E-state index contributed by atoms with van der Waals surface area (Å²) in [5.41, 5.74) is 0.507. The van der Waals surface area contributed by atoms with Gasteiger partial charge in [0.05, 0.1) is 5.56 Å². The molecule has 1 atom stereocenters. The monoisotopic (exact) mass is 269 g/mol. The van der Waals surface area contributed by atoms with Crippen LogP contribution in [0.1, 0.15) is 23.2 Å². The normalized spacial score (nSPS) is 17.1. The molecule has 0 aromatic carbocycles. The summed E-state index contributed by atoms with van der Waals surface area (Å²) in [6.45, 7) is 0.665. The lowest BCUT2D eigenvalue weighted by molar-refractivity contribution is 0.0952. The molecule has 1 fully saturated rings. The Morgan fingerprint density at radius 2 is 2.20 bits per heavy atom. The fraction of sp³-hybridized carbons (Fsp3) is 0.500. The standard InChI is InChI=1S/C10H12BrN3O/c11-9(7-1-2-7)5-14-10(15)8-3-12-6-13-4-8/h3-4,6-7,9H,1-2,5H2,(H,14,15). The highest BCUT2D eigenvalue weighted by Gasteiger charge is 2.29. The number of alkyl halides is 1. The molecule has 1 aliphatic rings. The molecule has 1 amide bonds. The number of rotatable bonds is 4. The first-order valence-corrected chi connectivity index (χ1v) is 5.86. The van der Waals surface area contributed by atoms with Crippen LogP contribution in [0.5, 0.6) is 0 Å². The van der Waals surface area contributed by atoms with E-state index in [1.807, 2.05) is 0 Å². The molecule has 1 aromatic heterocycles. The Bertz CT molecular complexity index is 340. The largest absolute Gasteiger partial charge is 0.351 e. The lowest BCUT2D eigenvalue weighted by Crippen LogP contribution is -2.30. The van der Waals surface area contributed by atoms with Gasteiger partial charge in [-0.05, 0) is 18.8 Å². The first kappa shape index (κ1) is 10.5. The minimum absolute atomic E-state index is 0.110. The average Bonchev–Trinajstić information content (AvgIpc) is 3.10. The Kier molecular flexibility index (Phi) is 3.30. The Morgan fingerprint density at radius 1 is 1.53 bits per heavy atom. The second-order valence-corrected chi connectivity index (χ2v) is 4.87. The highest BCUT2D eigenvalue weighted by molar-refractivity contribution is 9.09. The highest BCUT2D eigenvalue weighted by Crippen LogP contribution is 2.36. The van der Waals surface area contributed by atoms with Crippen LogP contribution in [0.3, 0.4) is 0 Å². The van der Waals surface area contributed by atoms with Crippen molar-refractivity contribution in [1.82, 2.24) is 15.3 Å². The molecule has 0 spiro atoms. The van der Waals surface area contributed by atoms with Crippen molar-refractivity contribution in [3.63, 3.8) is 0 Å². The molecular weight excluding hydrogens is 258 g/mol. The number of hydrogen-bond donors (Lipinski definition) is 1. The molecule has 0 saturated heterocycles. The summed E-state index contributed by atoms with van der Waals surface area (Å²) >= 11 is 3.56. The van der Waals surface area contributed by atoms with Crippen molar-refractivity contribution in [2.45, 2.75) is 17.7 Å². The van der Waals surface area contributed by atoms with Gasteiger partial charge in [-0.25, -0.2) is 9.97 Å². The van der Waals surface area contributed by atoms with Crippen LogP contribution in [-0.2, 0) is 0 Å². The molecule has 2 rings (SSSR count). The van der Waals surface area contributed by atoms with Crippen LogP contribution in [-0.4, -0.2) is 27.2 Å². The number of halogens is 1. The molecule has 4 nitrogen and oxygen atoms in total. The van der Waals surface area contributed by atoms with Crippen LogP contribution in [0.25, 0.3) is 0 Å².